The van der Waals surface area contributed by atoms with Crippen molar-refractivity contribution in [3.8, 4) is 0 Å². The molecule has 5 heteroatoms. The zero-order valence-electron chi connectivity index (χ0n) is 12.8. The standard InChI is InChI=1S/C17H19BrN2O2/c1-11-15(12(2)22-19-11)10-17(21)20-9-3-4-16(20)13-5-7-14(18)8-6-13/h5-8,16H,3-4,9-10H2,1-2H3. The molecule has 2 aromatic rings. The number of hydrogen-bond donors (Lipinski definition) is 0. The van der Waals surface area contributed by atoms with E-state index in [0.29, 0.717) is 6.42 Å². The molecule has 1 saturated heterocycles. The Morgan fingerprint density at radius 2 is 2.09 bits per heavy atom. The molecule has 4 nitrogen and oxygen atoms in total. The van der Waals surface area contributed by atoms with Crippen LogP contribution < -0.4 is 0 Å². The fourth-order valence-corrected chi connectivity index (χ4v) is 3.37. The Kier molecular flexibility index (Phi) is 4.34. The highest BCUT2D eigenvalue weighted by Crippen LogP contribution is 2.33. The Morgan fingerprint density at radius 1 is 1.36 bits per heavy atom. The maximum Gasteiger partial charge on any atom is 0.227 e. The van der Waals surface area contributed by atoms with Crippen molar-refractivity contribution in [3.05, 3.63) is 51.3 Å². The van der Waals surface area contributed by atoms with E-state index in [2.05, 4.69) is 33.2 Å². The van der Waals surface area contributed by atoms with Crippen LogP contribution in [0.2, 0.25) is 0 Å². The van der Waals surface area contributed by atoms with Crippen LogP contribution in [-0.4, -0.2) is 22.5 Å². The van der Waals surface area contributed by atoms with Crippen molar-refractivity contribution >= 4 is 21.8 Å². The number of aromatic nitrogens is 1. The molecular weight excluding hydrogens is 344 g/mol. The average molecular weight is 363 g/mol. The third-order valence-corrected chi connectivity index (χ3v) is 4.87. The van der Waals surface area contributed by atoms with Gasteiger partial charge in [-0.15, -0.1) is 0 Å². The molecule has 1 aromatic carbocycles. The minimum atomic E-state index is 0.153. The van der Waals surface area contributed by atoms with E-state index < -0.39 is 0 Å². The van der Waals surface area contributed by atoms with Crippen LogP contribution in [0.15, 0.2) is 33.3 Å². The molecular formula is C17H19BrN2O2. The third kappa shape index (κ3) is 2.95. The summed E-state index contributed by atoms with van der Waals surface area (Å²) in [5.74, 6) is 0.894. The molecule has 0 radical (unpaired) electrons. The number of carbonyl (C=O) groups is 1. The lowest BCUT2D eigenvalue weighted by molar-refractivity contribution is -0.131. The number of amides is 1. The first-order valence-corrected chi connectivity index (χ1v) is 8.32. The van der Waals surface area contributed by atoms with Gasteiger partial charge in [-0.1, -0.05) is 33.2 Å². The van der Waals surface area contributed by atoms with Crippen LogP contribution >= 0.6 is 15.9 Å². The lowest BCUT2D eigenvalue weighted by Crippen LogP contribution is -2.32. The van der Waals surface area contributed by atoms with Crippen LogP contribution in [-0.2, 0) is 11.2 Å². The molecule has 3 rings (SSSR count). The van der Waals surface area contributed by atoms with E-state index in [0.717, 1.165) is 40.9 Å². The van der Waals surface area contributed by atoms with Gasteiger partial charge in [0.05, 0.1) is 18.2 Å². The van der Waals surface area contributed by atoms with Crippen LogP contribution in [0.25, 0.3) is 0 Å². The van der Waals surface area contributed by atoms with E-state index in [9.17, 15) is 4.79 Å². The Balaban J connectivity index is 1.78. The van der Waals surface area contributed by atoms with E-state index in [-0.39, 0.29) is 11.9 Å². The number of nitrogens with zero attached hydrogens (tertiary/aromatic N) is 2. The highest BCUT2D eigenvalue weighted by atomic mass is 79.9. The molecule has 2 heterocycles. The molecule has 1 aliphatic heterocycles. The summed E-state index contributed by atoms with van der Waals surface area (Å²) in [4.78, 5) is 14.7. The summed E-state index contributed by atoms with van der Waals surface area (Å²) in [6.07, 6.45) is 2.44. The minimum Gasteiger partial charge on any atom is -0.361 e. The van der Waals surface area contributed by atoms with Crippen molar-refractivity contribution in [3.63, 3.8) is 0 Å². The Morgan fingerprint density at radius 3 is 2.73 bits per heavy atom. The SMILES string of the molecule is Cc1noc(C)c1CC(=O)N1CCCC1c1ccc(Br)cc1. The second kappa shape index (κ2) is 6.24. The summed E-state index contributed by atoms with van der Waals surface area (Å²) < 4.78 is 6.22. The predicted octanol–water partition coefficient (Wildman–Crippen LogP) is 3.96. The molecule has 116 valence electrons. The second-order valence-corrected chi connectivity index (χ2v) is 6.69. The summed E-state index contributed by atoms with van der Waals surface area (Å²) in [5, 5.41) is 3.93. The molecule has 0 aliphatic carbocycles. The van der Waals surface area contributed by atoms with Crippen molar-refractivity contribution in [2.24, 2.45) is 0 Å². The van der Waals surface area contributed by atoms with E-state index in [4.69, 9.17) is 4.52 Å². The Bertz CT molecular complexity index is 659. The van der Waals surface area contributed by atoms with Gasteiger partial charge < -0.3 is 9.42 Å². The van der Waals surface area contributed by atoms with Crippen LogP contribution in [0.3, 0.4) is 0 Å². The first kappa shape index (κ1) is 15.3. The predicted molar refractivity (Wildman–Crippen MR) is 87.5 cm³/mol. The van der Waals surface area contributed by atoms with Crippen LogP contribution in [0.4, 0.5) is 0 Å². The van der Waals surface area contributed by atoms with Crippen LogP contribution in [0.1, 0.15) is 41.5 Å². The lowest BCUT2D eigenvalue weighted by atomic mass is 10.0. The van der Waals surface area contributed by atoms with Crippen molar-refractivity contribution in [1.29, 1.82) is 0 Å². The van der Waals surface area contributed by atoms with Crippen LogP contribution in [0.5, 0.6) is 0 Å². The topological polar surface area (TPSA) is 46.3 Å². The third-order valence-electron chi connectivity index (χ3n) is 4.34. The highest BCUT2D eigenvalue weighted by Gasteiger charge is 2.30. The van der Waals surface area contributed by atoms with Crippen molar-refractivity contribution in [1.82, 2.24) is 10.1 Å². The summed E-state index contributed by atoms with van der Waals surface area (Å²) >= 11 is 3.46. The molecule has 0 spiro atoms. The highest BCUT2D eigenvalue weighted by molar-refractivity contribution is 9.10. The number of benzene rings is 1. The van der Waals surface area contributed by atoms with Gasteiger partial charge in [-0.2, -0.15) is 0 Å². The van der Waals surface area contributed by atoms with Gasteiger partial charge in [0.1, 0.15) is 5.76 Å². The van der Waals surface area contributed by atoms with Gasteiger partial charge in [0.2, 0.25) is 5.91 Å². The average Bonchev–Trinajstić information content (AvgIpc) is 3.10. The van der Waals surface area contributed by atoms with Gasteiger partial charge in [0, 0.05) is 16.6 Å². The van der Waals surface area contributed by atoms with Gasteiger partial charge >= 0.3 is 0 Å². The summed E-state index contributed by atoms with van der Waals surface area (Å²) in [6.45, 7) is 4.57. The lowest BCUT2D eigenvalue weighted by Gasteiger charge is -2.25. The van der Waals surface area contributed by atoms with E-state index in [1.807, 2.05) is 30.9 Å². The minimum absolute atomic E-state index is 0.153. The molecule has 22 heavy (non-hydrogen) atoms. The molecule has 0 N–H and O–H groups in total. The Labute approximate surface area is 138 Å². The molecule has 1 aromatic heterocycles. The number of rotatable bonds is 3. The second-order valence-electron chi connectivity index (χ2n) is 5.78. The summed E-state index contributed by atoms with van der Waals surface area (Å²) in [5.41, 5.74) is 2.93. The molecule has 0 saturated carbocycles. The quantitative estimate of drug-likeness (QED) is 0.829. The van der Waals surface area contributed by atoms with E-state index in [1.165, 1.54) is 5.56 Å². The molecule has 1 atom stereocenters. The molecule has 1 amide bonds. The van der Waals surface area contributed by atoms with E-state index in [1.54, 1.807) is 0 Å². The van der Waals surface area contributed by atoms with Gasteiger partial charge in [0.15, 0.2) is 0 Å². The van der Waals surface area contributed by atoms with Gasteiger partial charge in [-0.05, 0) is 44.4 Å². The summed E-state index contributed by atoms with van der Waals surface area (Å²) in [7, 11) is 0. The normalized spacial score (nSPS) is 18.0. The first-order valence-electron chi connectivity index (χ1n) is 7.53. The number of carbonyl (C=O) groups excluding carboxylic acids is 1. The number of hydrogen-bond acceptors (Lipinski definition) is 3. The molecule has 1 aliphatic rings. The fourth-order valence-electron chi connectivity index (χ4n) is 3.10. The number of likely N-dealkylation sites (tertiary alicyclic amines) is 1. The molecule has 1 unspecified atom stereocenters. The van der Waals surface area contributed by atoms with Gasteiger partial charge in [0.25, 0.3) is 0 Å². The van der Waals surface area contributed by atoms with Gasteiger partial charge in [-0.25, -0.2) is 0 Å². The molecule has 0 bridgehead atoms. The number of aryl methyl sites for hydroxylation is 2. The monoisotopic (exact) mass is 362 g/mol. The fraction of sp³-hybridized carbons (Fsp3) is 0.412. The van der Waals surface area contributed by atoms with Crippen molar-refractivity contribution in [2.45, 2.75) is 39.2 Å². The smallest absolute Gasteiger partial charge is 0.227 e. The number of halogens is 1. The zero-order valence-corrected chi connectivity index (χ0v) is 14.4. The molecule has 1 fully saturated rings. The maximum absolute atomic E-state index is 12.7. The largest absolute Gasteiger partial charge is 0.361 e. The van der Waals surface area contributed by atoms with E-state index >= 15 is 0 Å². The van der Waals surface area contributed by atoms with Crippen molar-refractivity contribution < 1.29 is 9.32 Å². The summed E-state index contributed by atoms with van der Waals surface area (Å²) in [6, 6.07) is 8.43. The maximum atomic E-state index is 12.7. The van der Waals surface area contributed by atoms with Crippen molar-refractivity contribution in [2.75, 3.05) is 6.54 Å². The Hall–Kier alpha value is -1.62. The van der Waals surface area contributed by atoms with Crippen LogP contribution in [0, 0.1) is 13.8 Å². The van der Waals surface area contributed by atoms with Gasteiger partial charge in [-0.3, -0.25) is 4.79 Å². The zero-order chi connectivity index (χ0) is 15.7. The first-order chi connectivity index (χ1) is 10.6.